The Morgan fingerprint density at radius 3 is 2.19 bits per heavy atom. The quantitative estimate of drug-likeness (QED) is 0.430. The van der Waals surface area contributed by atoms with Gasteiger partial charge in [-0.2, -0.15) is 5.10 Å². The first kappa shape index (κ1) is 23.2. The first-order valence-corrected chi connectivity index (χ1v) is 12.0. The van der Waals surface area contributed by atoms with Gasteiger partial charge in [0.05, 0.1) is 24.7 Å². The summed E-state index contributed by atoms with van der Waals surface area (Å²) in [5, 5.41) is 3.99. The number of nitrogens with one attached hydrogen (secondary N) is 1. The summed E-state index contributed by atoms with van der Waals surface area (Å²) in [6.07, 6.45) is 2.77. The van der Waals surface area contributed by atoms with Crippen LogP contribution in [-0.4, -0.2) is 26.8 Å². The number of aryl methyl sites for hydroxylation is 3. The zero-order chi connectivity index (χ0) is 23.3. The van der Waals surface area contributed by atoms with Crippen LogP contribution < -0.4 is 9.73 Å². The molecule has 0 heterocycles. The van der Waals surface area contributed by atoms with E-state index in [2.05, 4.69) is 10.5 Å². The van der Waals surface area contributed by atoms with Gasteiger partial charge in [0, 0.05) is 5.56 Å². The van der Waals surface area contributed by atoms with Crippen LogP contribution in [0.2, 0.25) is 0 Å². The molecule has 0 aliphatic heterocycles. The Bertz CT molecular complexity index is 1230. The molecule has 3 rings (SSSR count). The van der Waals surface area contributed by atoms with Crippen molar-refractivity contribution in [2.24, 2.45) is 5.10 Å². The molecule has 0 bridgehead atoms. The van der Waals surface area contributed by atoms with Gasteiger partial charge in [-0.05, 0) is 67.3 Å². The van der Waals surface area contributed by atoms with E-state index in [-0.39, 0.29) is 12.5 Å². The van der Waals surface area contributed by atoms with E-state index in [1.165, 1.54) is 10.6 Å². The molecule has 32 heavy (non-hydrogen) atoms. The van der Waals surface area contributed by atoms with Crippen molar-refractivity contribution in [2.45, 2.75) is 27.3 Å². The molecule has 0 spiro atoms. The van der Waals surface area contributed by atoms with Crippen LogP contribution in [0, 0.1) is 20.8 Å². The Morgan fingerprint density at radius 2 is 1.59 bits per heavy atom. The number of benzene rings is 3. The van der Waals surface area contributed by atoms with Crippen molar-refractivity contribution in [3.8, 4) is 0 Å². The van der Waals surface area contributed by atoms with Gasteiger partial charge in [0.1, 0.15) is 0 Å². The molecule has 1 N–H and O–H groups in total. The molecule has 0 unspecified atom stereocenters. The zero-order valence-corrected chi connectivity index (χ0v) is 19.5. The maximum absolute atomic E-state index is 12.4. The lowest BCUT2D eigenvalue weighted by molar-refractivity contribution is 0.0955. The SMILES string of the molecule is Cc1ccc(/C=N\NC(=O)c2ccc(CN(c3ccc(C)c(C)c3)S(C)(=O)=O)cc2)cc1. The van der Waals surface area contributed by atoms with Crippen LogP contribution in [0.5, 0.6) is 0 Å². The highest BCUT2D eigenvalue weighted by atomic mass is 32.2. The fourth-order valence-corrected chi connectivity index (χ4v) is 3.97. The largest absolute Gasteiger partial charge is 0.271 e. The minimum Gasteiger partial charge on any atom is -0.267 e. The summed E-state index contributed by atoms with van der Waals surface area (Å²) in [5.41, 5.74) is 8.49. The predicted molar refractivity (Wildman–Crippen MR) is 130 cm³/mol. The van der Waals surface area contributed by atoms with E-state index >= 15 is 0 Å². The van der Waals surface area contributed by atoms with E-state index in [0.717, 1.165) is 27.8 Å². The molecule has 6 nitrogen and oxygen atoms in total. The minimum atomic E-state index is -3.48. The molecule has 0 atom stereocenters. The van der Waals surface area contributed by atoms with Crippen LogP contribution in [0.4, 0.5) is 5.69 Å². The smallest absolute Gasteiger partial charge is 0.267 e. The lowest BCUT2D eigenvalue weighted by atomic mass is 10.1. The molecule has 1 amide bonds. The number of anilines is 1. The number of rotatable bonds is 7. The molecule has 7 heteroatoms. The fourth-order valence-electron chi connectivity index (χ4n) is 3.09. The molecular weight excluding hydrogens is 422 g/mol. The highest BCUT2D eigenvalue weighted by Gasteiger charge is 2.18. The lowest BCUT2D eigenvalue weighted by Gasteiger charge is -2.23. The topological polar surface area (TPSA) is 78.8 Å². The third kappa shape index (κ3) is 6.04. The molecule has 0 saturated carbocycles. The van der Waals surface area contributed by atoms with Crippen LogP contribution in [0.1, 0.15) is 38.2 Å². The number of carbonyl (C=O) groups excluding carboxylic acids is 1. The molecule has 0 aliphatic carbocycles. The summed E-state index contributed by atoms with van der Waals surface area (Å²) >= 11 is 0. The fraction of sp³-hybridized carbons (Fsp3) is 0.200. The van der Waals surface area contributed by atoms with Gasteiger partial charge in [-0.25, -0.2) is 13.8 Å². The van der Waals surface area contributed by atoms with E-state index in [9.17, 15) is 13.2 Å². The highest BCUT2D eigenvalue weighted by molar-refractivity contribution is 7.92. The number of hydrogen-bond acceptors (Lipinski definition) is 4. The summed E-state index contributed by atoms with van der Waals surface area (Å²) in [4.78, 5) is 12.3. The second-order valence-electron chi connectivity index (χ2n) is 7.84. The van der Waals surface area contributed by atoms with Crippen molar-refractivity contribution in [1.29, 1.82) is 0 Å². The van der Waals surface area contributed by atoms with Crippen molar-refractivity contribution < 1.29 is 13.2 Å². The first-order valence-electron chi connectivity index (χ1n) is 10.2. The van der Waals surface area contributed by atoms with E-state index in [0.29, 0.717) is 11.3 Å². The van der Waals surface area contributed by atoms with Gasteiger partial charge in [0.2, 0.25) is 10.0 Å². The molecular formula is C25H27N3O3S. The average molecular weight is 450 g/mol. The van der Waals surface area contributed by atoms with Gasteiger partial charge >= 0.3 is 0 Å². The summed E-state index contributed by atoms with van der Waals surface area (Å²) < 4.78 is 26.2. The van der Waals surface area contributed by atoms with E-state index in [1.807, 2.05) is 57.2 Å². The van der Waals surface area contributed by atoms with Crippen LogP contribution >= 0.6 is 0 Å². The molecule has 0 saturated heterocycles. The maximum atomic E-state index is 12.4. The number of carbonyl (C=O) groups is 1. The Kier molecular flexibility index (Phi) is 7.10. The summed E-state index contributed by atoms with van der Waals surface area (Å²) in [6, 6.07) is 20.2. The van der Waals surface area contributed by atoms with Crippen molar-refractivity contribution >= 4 is 27.8 Å². The van der Waals surface area contributed by atoms with Gasteiger partial charge < -0.3 is 0 Å². The summed E-state index contributed by atoms with van der Waals surface area (Å²) in [7, 11) is -3.48. The summed E-state index contributed by atoms with van der Waals surface area (Å²) in [6.45, 7) is 6.12. The molecule has 0 aliphatic rings. The van der Waals surface area contributed by atoms with Crippen LogP contribution in [-0.2, 0) is 16.6 Å². The number of sulfonamides is 1. The highest BCUT2D eigenvalue weighted by Crippen LogP contribution is 2.23. The molecule has 3 aromatic carbocycles. The third-order valence-electron chi connectivity index (χ3n) is 5.18. The monoisotopic (exact) mass is 449 g/mol. The molecule has 0 aromatic heterocycles. The summed E-state index contributed by atoms with van der Waals surface area (Å²) in [5.74, 6) is -0.339. The van der Waals surface area contributed by atoms with Crippen LogP contribution in [0.15, 0.2) is 71.8 Å². The van der Waals surface area contributed by atoms with Crippen molar-refractivity contribution in [3.63, 3.8) is 0 Å². The lowest BCUT2D eigenvalue weighted by Crippen LogP contribution is -2.29. The molecule has 3 aromatic rings. The van der Waals surface area contributed by atoms with Crippen molar-refractivity contribution in [2.75, 3.05) is 10.6 Å². The minimum absolute atomic E-state index is 0.175. The zero-order valence-electron chi connectivity index (χ0n) is 18.7. The number of hydrogen-bond donors (Lipinski definition) is 1. The molecule has 166 valence electrons. The Labute approximate surface area is 189 Å². The predicted octanol–water partition coefficient (Wildman–Crippen LogP) is 4.34. The molecule has 0 fully saturated rings. The van der Waals surface area contributed by atoms with Crippen molar-refractivity contribution in [1.82, 2.24) is 5.43 Å². The van der Waals surface area contributed by atoms with Gasteiger partial charge in [0.15, 0.2) is 0 Å². The van der Waals surface area contributed by atoms with Gasteiger partial charge in [-0.3, -0.25) is 9.10 Å². The first-order chi connectivity index (χ1) is 15.1. The van der Waals surface area contributed by atoms with Crippen LogP contribution in [0.25, 0.3) is 0 Å². The van der Waals surface area contributed by atoms with Crippen molar-refractivity contribution in [3.05, 3.63) is 100 Å². The third-order valence-corrected chi connectivity index (χ3v) is 6.32. The number of hydrazone groups is 1. The average Bonchev–Trinajstić information content (AvgIpc) is 2.75. The normalized spacial score (nSPS) is 11.5. The number of amides is 1. The Balaban J connectivity index is 1.69. The van der Waals surface area contributed by atoms with Gasteiger partial charge in [-0.15, -0.1) is 0 Å². The second-order valence-corrected chi connectivity index (χ2v) is 9.75. The van der Waals surface area contributed by atoms with E-state index in [4.69, 9.17) is 0 Å². The Hall–Kier alpha value is -3.45. The Morgan fingerprint density at radius 1 is 0.938 bits per heavy atom. The second kappa shape index (κ2) is 9.78. The van der Waals surface area contributed by atoms with E-state index < -0.39 is 10.0 Å². The molecule has 0 radical (unpaired) electrons. The van der Waals surface area contributed by atoms with E-state index in [1.54, 1.807) is 36.5 Å². The maximum Gasteiger partial charge on any atom is 0.271 e. The standard InChI is InChI=1S/C25H27N3O3S/c1-18-5-8-21(9-6-18)16-26-27-25(29)23-12-10-22(11-13-23)17-28(32(4,30)31)24-14-7-19(2)20(3)15-24/h5-16H,17H2,1-4H3,(H,27,29)/b26-16-. The number of nitrogens with zero attached hydrogens (tertiary/aromatic N) is 2. The van der Waals surface area contributed by atoms with Gasteiger partial charge in [0.25, 0.3) is 5.91 Å². The van der Waals surface area contributed by atoms with Crippen LogP contribution in [0.3, 0.4) is 0 Å². The van der Waals surface area contributed by atoms with Gasteiger partial charge in [-0.1, -0.05) is 48.0 Å².